The number of nitrogens with zero attached hydrogens (tertiary/aromatic N) is 1. The van der Waals surface area contributed by atoms with Crippen LogP contribution in [-0.4, -0.2) is 34.9 Å². The summed E-state index contributed by atoms with van der Waals surface area (Å²) in [5.74, 6) is -2.33. The van der Waals surface area contributed by atoms with Crippen molar-refractivity contribution in [2.24, 2.45) is 0 Å². The van der Waals surface area contributed by atoms with E-state index in [0.717, 1.165) is 17.7 Å². The molecule has 0 spiro atoms. The van der Waals surface area contributed by atoms with Crippen molar-refractivity contribution in [3.63, 3.8) is 0 Å². The van der Waals surface area contributed by atoms with E-state index >= 15 is 0 Å². The monoisotopic (exact) mass is 608 g/mol. The Kier molecular flexibility index (Phi) is 9.20. The number of carbonyl (C=O) groups excluding carboxylic acids is 1. The minimum atomic E-state index is -4.85. The van der Waals surface area contributed by atoms with Crippen molar-refractivity contribution in [2.45, 2.75) is 31.3 Å². The van der Waals surface area contributed by atoms with Crippen LogP contribution in [0.1, 0.15) is 44.4 Å². The van der Waals surface area contributed by atoms with E-state index < -0.39 is 41.6 Å². The number of hydrogen-bond acceptors (Lipinski definition) is 5. The smallest absolute Gasteiger partial charge is 0.481 e. The third kappa shape index (κ3) is 8.32. The summed E-state index contributed by atoms with van der Waals surface area (Å²) in [6.45, 7) is -0.0304. The molecule has 0 aliphatic rings. The maximum Gasteiger partial charge on any atom is 0.573 e. The lowest BCUT2D eigenvalue weighted by molar-refractivity contribution is -0.274. The van der Waals surface area contributed by atoms with Gasteiger partial charge < -0.3 is 15.2 Å². The Hall–Kier alpha value is -4.39. The largest absolute Gasteiger partial charge is 0.573 e. The highest BCUT2D eigenvalue weighted by atomic mass is 32.1. The molecule has 4 rings (SSSR count). The van der Waals surface area contributed by atoms with E-state index in [1.807, 2.05) is 0 Å². The first-order chi connectivity index (χ1) is 19.8. The summed E-state index contributed by atoms with van der Waals surface area (Å²) in [4.78, 5) is 27.6. The molecule has 13 heteroatoms. The number of hydrogen-bond donors (Lipinski definition) is 2. The lowest BCUT2D eigenvalue weighted by Crippen LogP contribution is -2.25. The molecular formula is C29H22F6N2O4S. The highest BCUT2D eigenvalue weighted by Gasteiger charge is 2.31. The summed E-state index contributed by atoms with van der Waals surface area (Å²) in [7, 11) is 0. The van der Waals surface area contributed by atoms with Gasteiger partial charge in [-0.25, -0.2) is 4.98 Å². The Morgan fingerprint density at radius 1 is 0.905 bits per heavy atom. The average Bonchev–Trinajstić information content (AvgIpc) is 3.41. The van der Waals surface area contributed by atoms with Crippen LogP contribution in [0.25, 0.3) is 11.3 Å². The molecule has 6 nitrogen and oxygen atoms in total. The number of aromatic nitrogens is 1. The lowest BCUT2D eigenvalue weighted by Gasteiger charge is -2.17. The highest BCUT2D eigenvalue weighted by Crippen LogP contribution is 2.36. The SMILES string of the molecule is O=C(O)CCNC(=O)c1ccc(CC(c2ccc(OC(F)(F)F)cc2)c2nc(-c3ccc(C(F)(F)F)cc3)cs2)cc1. The highest BCUT2D eigenvalue weighted by molar-refractivity contribution is 7.10. The first-order valence-electron chi connectivity index (χ1n) is 12.4. The summed E-state index contributed by atoms with van der Waals surface area (Å²) in [6, 6.07) is 16.4. The number of ether oxygens (including phenoxy) is 1. The number of carbonyl (C=O) groups is 2. The van der Waals surface area contributed by atoms with Crippen LogP contribution in [0.15, 0.2) is 78.2 Å². The van der Waals surface area contributed by atoms with Gasteiger partial charge in [0, 0.05) is 29.0 Å². The van der Waals surface area contributed by atoms with Crippen molar-refractivity contribution in [2.75, 3.05) is 6.54 Å². The molecule has 3 aromatic carbocycles. The van der Waals surface area contributed by atoms with Gasteiger partial charge in [-0.3, -0.25) is 9.59 Å². The van der Waals surface area contributed by atoms with Crippen LogP contribution >= 0.6 is 11.3 Å². The first-order valence-corrected chi connectivity index (χ1v) is 13.2. The van der Waals surface area contributed by atoms with Crippen molar-refractivity contribution < 1.29 is 45.8 Å². The number of halogens is 6. The molecule has 1 unspecified atom stereocenters. The summed E-state index contributed by atoms with van der Waals surface area (Å²) in [5, 5.41) is 13.5. The number of amides is 1. The fraction of sp³-hybridized carbons (Fsp3) is 0.207. The molecule has 42 heavy (non-hydrogen) atoms. The summed E-state index contributed by atoms with van der Waals surface area (Å²) < 4.78 is 80.8. The zero-order valence-electron chi connectivity index (χ0n) is 21.5. The standard InChI is InChI=1S/C29H22F6N2O4S/c30-28(31,32)21-9-5-19(6-10-21)24-16-42-27(37-24)23(18-7-11-22(12-8-18)41-29(33,34)35)15-17-1-3-20(4-2-17)26(40)36-14-13-25(38)39/h1-12,16,23H,13-15H2,(H,36,40)(H,38,39). The Morgan fingerprint density at radius 2 is 1.55 bits per heavy atom. The quantitative estimate of drug-likeness (QED) is 0.185. The second-order valence-corrected chi connectivity index (χ2v) is 10.0. The Balaban J connectivity index is 1.59. The van der Waals surface area contributed by atoms with Crippen LogP contribution in [-0.2, 0) is 17.4 Å². The molecule has 0 aliphatic carbocycles. The molecular weight excluding hydrogens is 586 g/mol. The van der Waals surface area contributed by atoms with Crippen LogP contribution in [0, 0.1) is 0 Å². The van der Waals surface area contributed by atoms with Crippen molar-refractivity contribution >= 4 is 23.2 Å². The summed E-state index contributed by atoms with van der Waals surface area (Å²) in [5.41, 5.74) is 1.82. The van der Waals surface area contributed by atoms with E-state index in [-0.39, 0.29) is 13.0 Å². The van der Waals surface area contributed by atoms with Gasteiger partial charge in [0.05, 0.1) is 17.7 Å². The molecule has 0 fully saturated rings. The molecule has 0 bridgehead atoms. The third-order valence-electron chi connectivity index (χ3n) is 6.12. The molecule has 1 aromatic heterocycles. The van der Waals surface area contributed by atoms with Crippen molar-refractivity contribution in [3.05, 3.63) is 105 Å². The van der Waals surface area contributed by atoms with E-state index in [1.165, 1.54) is 47.7 Å². The van der Waals surface area contributed by atoms with Gasteiger partial charge in [-0.05, 0) is 53.9 Å². The minimum Gasteiger partial charge on any atom is -0.481 e. The lowest BCUT2D eigenvalue weighted by atomic mass is 9.92. The number of rotatable bonds is 10. The number of thiazole rings is 1. The predicted octanol–water partition coefficient (Wildman–Crippen LogP) is 7.31. The van der Waals surface area contributed by atoms with Gasteiger partial charge in [0.1, 0.15) is 10.8 Å². The Morgan fingerprint density at radius 3 is 2.12 bits per heavy atom. The van der Waals surface area contributed by atoms with Crippen LogP contribution < -0.4 is 10.1 Å². The Bertz CT molecular complexity index is 1520. The number of aliphatic carboxylic acids is 1. The van der Waals surface area contributed by atoms with Gasteiger partial charge in [0.25, 0.3) is 5.91 Å². The zero-order valence-corrected chi connectivity index (χ0v) is 22.3. The fourth-order valence-electron chi connectivity index (χ4n) is 4.07. The number of carboxylic acids is 1. The second kappa shape index (κ2) is 12.6. The Labute approximate surface area is 239 Å². The van der Waals surface area contributed by atoms with Gasteiger partial charge in [0.2, 0.25) is 0 Å². The number of benzene rings is 3. The van der Waals surface area contributed by atoms with Gasteiger partial charge in [-0.2, -0.15) is 13.2 Å². The second-order valence-electron chi connectivity index (χ2n) is 9.12. The molecule has 2 N–H and O–H groups in total. The van der Waals surface area contributed by atoms with Crippen LogP contribution in [0.4, 0.5) is 26.3 Å². The van der Waals surface area contributed by atoms with Crippen LogP contribution in [0.5, 0.6) is 5.75 Å². The van der Waals surface area contributed by atoms with Crippen LogP contribution in [0.2, 0.25) is 0 Å². The molecule has 0 radical (unpaired) electrons. The number of carboxylic acid groups (broad SMARTS) is 1. The van der Waals surface area contributed by atoms with Crippen LogP contribution in [0.3, 0.4) is 0 Å². The fourth-order valence-corrected chi connectivity index (χ4v) is 5.03. The molecule has 220 valence electrons. The summed E-state index contributed by atoms with van der Waals surface area (Å²) >= 11 is 1.25. The van der Waals surface area contributed by atoms with Gasteiger partial charge >= 0.3 is 18.5 Å². The molecule has 0 saturated carbocycles. The molecule has 0 saturated heterocycles. The number of alkyl halides is 6. The topological polar surface area (TPSA) is 88.5 Å². The van der Waals surface area contributed by atoms with E-state index in [1.54, 1.807) is 29.6 Å². The molecule has 1 heterocycles. The normalized spacial score (nSPS) is 12.5. The van der Waals surface area contributed by atoms with E-state index in [9.17, 15) is 35.9 Å². The van der Waals surface area contributed by atoms with E-state index in [0.29, 0.717) is 33.8 Å². The summed E-state index contributed by atoms with van der Waals surface area (Å²) in [6.07, 6.45) is -9.22. The molecule has 1 amide bonds. The van der Waals surface area contributed by atoms with Gasteiger partial charge in [-0.15, -0.1) is 24.5 Å². The predicted molar refractivity (Wildman–Crippen MR) is 142 cm³/mol. The van der Waals surface area contributed by atoms with Gasteiger partial charge in [-0.1, -0.05) is 36.4 Å². The first kappa shape index (κ1) is 30.6. The van der Waals surface area contributed by atoms with E-state index in [4.69, 9.17) is 5.11 Å². The maximum absolute atomic E-state index is 13.0. The minimum absolute atomic E-state index is 0.0304. The molecule has 4 aromatic rings. The van der Waals surface area contributed by atoms with E-state index in [2.05, 4.69) is 15.0 Å². The van der Waals surface area contributed by atoms with Gasteiger partial charge in [0.15, 0.2) is 0 Å². The molecule has 1 atom stereocenters. The number of nitrogens with one attached hydrogen (secondary N) is 1. The maximum atomic E-state index is 13.0. The zero-order chi connectivity index (χ0) is 30.5. The van der Waals surface area contributed by atoms with Crippen molar-refractivity contribution in [1.82, 2.24) is 10.3 Å². The van der Waals surface area contributed by atoms with Crippen molar-refractivity contribution in [1.29, 1.82) is 0 Å². The molecule has 0 aliphatic heterocycles. The third-order valence-corrected chi connectivity index (χ3v) is 7.08. The average molecular weight is 609 g/mol. The van der Waals surface area contributed by atoms with Crippen molar-refractivity contribution in [3.8, 4) is 17.0 Å².